The molecule has 9 nitrogen and oxygen atoms in total. The highest BCUT2D eigenvalue weighted by atomic mass is 19.4. The monoisotopic (exact) mass is 640 g/mol. The van der Waals surface area contributed by atoms with E-state index in [9.17, 15) is 27.9 Å². The molecule has 3 heterocycles. The number of fused-ring (bicyclic) bond motifs is 1. The number of benzene rings is 2. The molecule has 1 amide bonds. The van der Waals surface area contributed by atoms with Crippen molar-refractivity contribution in [1.82, 2.24) is 5.32 Å². The summed E-state index contributed by atoms with van der Waals surface area (Å²) >= 11 is 0. The molecule has 2 atom stereocenters. The lowest BCUT2D eigenvalue weighted by Crippen LogP contribution is -2.53. The SMILES string of the molecule is CC1(C)OB(c2ccc(C[C@H](NC(=O)c3c(F)cc(N4CCOC[C@@H]4C(F)(F)F)cc3F)C(=O)O)c3c2OCCC3)OC1(C)C. The van der Waals surface area contributed by atoms with Crippen LogP contribution >= 0.6 is 0 Å². The lowest BCUT2D eigenvalue weighted by molar-refractivity contribution is -0.167. The number of anilines is 1. The zero-order valence-electron chi connectivity index (χ0n) is 25.2. The van der Waals surface area contributed by atoms with Crippen LogP contribution in [0.2, 0.25) is 0 Å². The standard InChI is InChI=1S/C30H34BF5N2O7/c1-28(2)29(3,4)45-31(44-28)19-8-7-16(18-6-5-10-43-25(18)19)12-22(27(40)41)37-26(39)24-20(32)13-17(14-21(24)33)38-9-11-42-15-23(38)30(34,35)36/h7-8,13-14,22-23H,5-6,9-12,15H2,1-4H3,(H,37,39)(H,40,41)/t22-,23+/m0/s1. The number of amides is 1. The van der Waals surface area contributed by atoms with Gasteiger partial charge in [-0.15, -0.1) is 0 Å². The second kappa shape index (κ2) is 12.1. The number of morpholine rings is 1. The van der Waals surface area contributed by atoms with E-state index in [4.69, 9.17) is 18.8 Å². The number of carboxylic acids is 1. The number of hydrogen-bond donors (Lipinski definition) is 2. The maximum atomic E-state index is 15.1. The van der Waals surface area contributed by atoms with Gasteiger partial charge in [-0.2, -0.15) is 13.2 Å². The molecule has 0 spiro atoms. The van der Waals surface area contributed by atoms with Crippen LogP contribution in [-0.2, 0) is 31.7 Å². The Labute approximate surface area is 257 Å². The zero-order valence-corrected chi connectivity index (χ0v) is 25.2. The van der Waals surface area contributed by atoms with Crippen LogP contribution < -0.4 is 20.4 Å². The zero-order chi connectivity index (χ0) is 32.9. The minimum atomic E-state index is -4.73. The molecule has 3 aliphatic rings. The Morgan fingerprint density at radius 2 is 1.73 bits per heavy atom. The molecule has 0 bridgehead atoms. The summed E-state index contributed by atoms with van der Waals surface area (Å²) in [6, 6.07) is 0.914. The van der Waals surface area contributed by atoms with Gasteiger partial charge >= 0.3 is 19.3 Å². The van der Waals surface area contributed by atoms with Gasteiger partial charge in [0.1, 0.15) is 35.0 Å². The van der Waals surface area contributed by atoms with Gasteiger partial charge in [0.25, 0.3) is 5.91 Å². The smallest absolute Gasteiger partial charge is 0.494 e. The maximum absolute atomic E-state index is 15.1. The predicted octanol–water partition coefficient (Wildman–Crippen LogP) is 3.78. The van der Waals surface area contributed by atoms with Crippen molar-refractivity contribution in [2.45, 2.75) is 76.4 Å². The van der Waals surface area contributed by atoms with Crippen LogP contribution in [0.1, 0.15) is 55.6 Å². The Balaban J connectivity index is 1.38. The average molecular weight is 640 g/mol. The Hall–Kier alpha value is -3.43. The summed E-state index contributed by atoms with van der Waals surface area (Å²) in [7, 11) is -0.733. The summed E-state index contributed by atoms with van der Waals surface area (Å²) in [4.78, 5) is 26.0. The normalized spacial score (nSPS) is 21.6. The number of carboxylic acid groups (broad SMARTS) is 1. The van der Waals surface area contributed by atoms with Crippen LogP contribution in [0.3, 0.4) is 0 Å². The fraction of sp³-hybridized carbons (Fsp3) is 0.533. The molecular formula is C30H34BF5N2O7. The molecule has 2 aromatic carbocycles. The number of aliphatic carboxylic acids is 1. The molecule has 45 heavy (non-hydrogen) atoms. The highest BCUT2D eigenvalue weighted by Crippen LogP contribution is 2.39. The first-order valence-corrected chi connectivity index (χ1v) is 14.6. The van der Waals surface area contributed by atoms with E-state index in [-0.39, 0.29) is 19.6 Å². The van der Waals surface area contributed by atoms with Crippen LogP contribution in [0, 0.1) is 11.6 Å². The van der Waals surface area contributed by atoms with Gasteiger partial charge in [-0.05, 0) is 63.8 Å². The average Bonchev–Trinajstić information content (AvgIpc) is 3.17. The van der Waals surface area contributed by atoms with Crippen molar-refractivity contribution in [1.29, 1.82) is 0 Å². The van der Waals surface area contributed by atoms with E-state index in [0.717, 1.165) is 4.90 Å². The Kier molecular flexibility index (Phi) is 8.84. The minimum absolute atomic E-state index is 0.0925. The van der Waals surface area contributed by atoms with Gasteiger partial charge in [0.2, 0.25) is 0 Å². The van der Waals surface area contributed by atoms with E-state index in [2.05, 4.69) is 5.32 Å². The molecule has 2 aromatic rings. The summed E-state index contributed by atoms with van der Waals surface area (Å²) in [6.07, 6.45) is -3.77. The van der Waals surface area contributed by atoms with Gasteiger partial charge in [-0.1, -0.05) is 12.1 Å². The highest BCUT2D eigenvalue weighted by molar-refractivity contribution is 6.63. The Morgan fingerprint density at radius 1 is 1.09 bits per heavy atom. The van der Waals surface area contributed by atoms with Crippen molar-refractivity contribution < 1.29 is 55.4 Å². The van der Waals surface area contributed by atoms with Gasteiger partial charge in [-0.3, -0.25) is 4.79 Å². The van der Waals surface area contributed by atoms with Gasteiger partial charge < -0.3 is 34.1 Å². The van der Waals surface area contributed by atoms with E-state index >= 15 is 8.78 Å². The lowest BCUT2D eigenvalue weighted by atomic mass is 9.75. The first kappa shape index (κ1) is 33.0. The molecule has 15 heteroatoms. The third kappa shape index (κ3) is 6.47. The molecule has 2 N–H and O–H groups in total. The Morgan fingerprint density at radius 3 is 2.33 bits per heavy atom. The van der Waals surface area contributed by atoms with E-state index in [1.807, 2.05) is 27.7 Å². The van der Waals surface area contributed by atoms with Crippen molar-refractivity contribution in [2.75, 3.05) is 31.3 Å². The molecule has 0 unspecified atom stereocenters. The number of halogens is 5. The van der Waals surface area contributed by atoms with Crippen molar-refractivity contribution in [3.63, 3.8) is 0 Å². The number of nitrogens with zero attached hydrogens (tertiary/aromatic N) is 1. The molecule has 0 aliphatic carbocycles. The fourth-order valence-corrected chi connectivity index (χ4v) is 5.68. The van der Waals surface area contributed by atoms with Crippen LogP contribution in [0.25, 0.3) is 0 Å². The largest absolute Gasteiger partial charge is 0.498 e. The number of hydrogen-bond acceptors (Lipinski definition) is 7. The van der Waals surface area contributed by atoms with Crippen molar-refractivity contribution in [3.8, 4) is 5.75 Å². The highest BCUT2D eigenvalue weighted by Gasteiger charge is 2.53. The van der Waals surface area contributed by atoms with E-state index < -0.39 is 77.9 Å². The van der Waals surface area contributed by atoms with E-state index in [0.29, 0.717) is 53.9 Å². The summed E-state index contributed by atoms with van der Waals surface area (Å²) in [5.74, 6) is -5.19. The van der Waals surface area contributed by atoms with Gasteiger partial charge in [0.15, 0.2) is 0 Å². The van der Waals surface area contributed by atoms with Crippen LogP contribution in [-0.4, -0.2) is 79.9 Å². The molecular weight excluding hydrogens is 606 g/mol. The molecule has 3 aliphatic heterocycles. The summed E-state index contributed by atoms with van der Waals surface area (Å²) < 4.78 is 94.0. The lowest BCUT2D eigenvalue weighted by Gasteiger charge is -2.38. The van der Waals surface area contributed by atoms with E-state index in [1.165, 1.54) is 0 Å². The van der Waals surface area contributed by atoms with E-state index in [1.54, 1.807) is 12.1 Å². The molecule has 0 radical (unpaired) electrons. The summed E-state index contributed by atoms with van der Waals surface area (Å²) in [5, 5.41) is 12.1. The number of alkyl halides is 3. The molecule has 0 saturated carbocycles. The predicted molar refractivity (Wildman–Crippen MR) is 153 cm³/mol. The third-order valence-corrected chi connectivity index (χ3v) is 8.83. The van der Waals surface area contributed by atoms with Crippen LogP contribution in [0.5, 0.6) is 5.75 Å². The van der Waals surface area contributed by atoms with Gasteiger partial charge in [-0.25, -0.2) is 13.6 Å². The number of rotatable bonds is 7. The van der Waals surface area contributed by atoms with Crippen molar-refractivity contribution in [2.24, 2.45) is 0 Å². The number of carbonyl (C=O) groups excluding carboxylic acids is 1. The van der Waals surface area contributed by atoms with Gasteiger partial charge in [0.05, 0.1) is 31.0 Å². The minimum Gasteiger partial charge on any atom is -0.494 e. The van der Waals surface area contributed by atoms with Crippen LogP contribution in [0.15, 0.2) is 24.3 Å². The second-order valence-electron chi connectivity index (χ2n) is 12.3. The molecule has 5 rings (SSSR count). The van der Waals surface area contributed by atoms with Crippen LogP contribution in [0.4, 0.5) is 27.6 Å². The number of nitrogens with one attached hydrogen (secondary N) is 1. The summed E-state index contributed by atoms with van der Waals surface area (Å²) in [6.45, 7) is 6.98. The number of ether oxygens (including phenoxy) is 2. The second-order valence-corrected chi connectivity index (χ2v) is 12.3. The molecule has 2 saturated heterocycles. The molecule has 0 aromatic heterocycles. The first-order valence-electron chi connectivity index (χ1n) is 14.6. The quantitative estimate of drug-likeness (QED) is 0.348. The molecule has 2 fully saturated rings. The van der Waals surface area contributed by atoms with Crippen molar-refractivity contribution >= 4 is 30.1 Å². The number of carbonyl (C=O) groups is 2. The maximum Gasteiger partial charge on any atom is 0.498 e. The Bertz CT molecular complexity index is 1450. The molecule has 244 valence electrons. The van der Waals surface area contributed by atoms with Gasteiger partial charge in [0, 0.05) is 24.1 Å². The topological polar surface area (TPSA) is 107 Å². The van der Waals surface area contributed by atoms with Crippen molar-refractivity contribution in [3.05, 3.63) is 52.6 Å². The fourth-order valence-electron chi connectivity index (χ4n) is 5.68. The third-order valence-electron chi connectivity index (χ3n) is 8.83. The summed E-state index contributed by atoms with van der Waals surface area (Å²) in [5.41, 5.74) is -0.859. The first-order chi connectivity index (χ1) is 21.0.